The number of halogens is 4. The third-order valence-corrected chi connectivity index (χ3v) is 2.20. The van der Waals surface area contributed by atoms with Gasteiger partial charge in [-0.25, -0.2) is 9.18 Å². The minimum Gasteiger partial charge on any atom is -0.479 e. The summed E-state index contributed by atoms with van der Waals surface area (Å²) in [5.74, 6) is -3.03. The van der Waals surface area contributed by atoms with E-state index in [1.165, 1.54) is 0 Å². The number of aliphatic hydroxyl groups excluding tert-OH is 1. The highest BCUT2D eigenvalue weighted by Crippen LogP contribution is 2.33. The van der Waals surface area contributed by atoms with Crippen molar-refractivity contribution in [3.63, 3.8) is 0 Å². The molecule has 1 rings (SSSR count). The summed E-state index contributed by atoms with van der Waals surface area (Å²) in [6, 6.07) is 1.79. The van der Waals surface area contributed by atoms with Crippen LogP contribution in [0.3, 0.4) is 0 Å². The lowest BCUT2D eigenvalue weighted by molar-refractivity contribution is -0.152. The standard InChI is InChI=1S/C11H10F4O4/c12-8-2-1-6(5-7(8)11(13,14)15)9(10(17)18)19-4-3-16/h1-2,5,9,16H,3-4H2,(H,17,18). The maximum atomic E-state index is 13.0. The molecule has 19 heavy (non-hydrogen) atoms. The maximum absolute atomic E-state index is 13.0. The van der Waals surface area contributed by atoms with Crippen LogP contribution in [0.15, 0.2) is 18.2 Å². The van der Waals surface area contributed by atoms with Crippen molar-refractivity contribution in [2.24, 2.45) is 0 Å². The van der Waals surface area contributed by atoms with E-state index >= 15 is 0 Å². The molecule has 8 heteroatoms. The maximum Gasteiger partial charge on any atom is 0.419 e. The monoisotopic (exact) mass is 282 g/mol. The second-order valence-electron chi connectivity index (χ2n) is 3.55. The molecule has 0 heterocycles. The molecule has 0 saturated heterocycles. The molecule has 4 nitrogen and oxygen atoms in total. The molecule has 0 bridgehead atoms. The molecule has 0 aromatic heterocycles. The number of carboxylic acids is 1. The summed E-state index contributed by atoms with van der Waals surface area (Å²) < 4.78 is 55.2. The van der Waals surface area contributed by atoms with E-state index in [4.69, 9.17) is 14.9 Å². The Kier molecular flexibility index (Phi) is 4.84. The first-order chi connectivity index (χ1) is 8.77. The van der Waals surface area contributed by atoms with Crippen LogP contribution in [0.1, 0.15) is 17.2 Å². The molecule has 0 saturated carbocycles. The van der Waals surface area contributed by atoms with Gasteiger partial charge >= 0.3 is 12.1 Å². The lowest BCUT2D eigenvalue weighted by atomic mass is 10.0. The lowest BCUT2D eigenvalue weighted by Gasteiger charge is -2.15. The van der Waals surface area contributed by atoms with E-state index in [1.54, 1.807) is 0 Å². The summed E-state index contributed by atoms with van der Waals surface area (Å²) in [4.78, 5) is 10.9. The van der Waals surface area contributed by atoms with Gasteiger partial charge in [-0.1, -0.05) is 6.07 Å². The normalized spacial score (nSPS) is 13.3. The van der Waals surface area contributed by atoms with Crippen LogP contribution in [-0.2, 0) is 15.7 Å². The molecule has 1 unspecified atom stereocenters. The van der Waals surface area contributed by atoms with Crippen molar-refractivity contribution in [2.75, 3.05) is 13.2 Å². The second kappa shape index (κ2) is 5.98. The third kappa shape index (κ3) is 3.90. The number of aliphatic carboxylic acids is 1. The Hall–Kier alpha value is -1.67. The van der Waals surface area contributed by atoms with Gasteiger partial charge in [0.05, 0.1) is 18.8 Å². The first kappa shape index (κ1) is 15.4. The van der Waals surface area contributed by atoms with Crippen molar-refractivity contribution in [3.8, 4) is 0 Å². The average Bonchev–Trinajstić information content (AvgIpc) is 2.29. The van der Waals surface area contributed by atoms with E-state index in [1.807, 2.05) is 0 Å². The molecule has 0 aliphatic heterocycles. The van der Waals surface area contributed by atoms with Gasteiger partial charge in [-0.05, 0) is 17.7 Å². The van der Waals surface area contributed by atoms with Crippen LogP contribution >= 0.6 is 0 Å². The first-order valence-electron chi connectivity index (χ1n) is 5.09. The molecule has 0 spiro atoms. The summed E-state index contributed by atoms with van der Waals surface area (Å²) in [6.45, 7) is -0.854. The van der Waals surface area contributed by atoms with Gasteiger partial charge in [0, 0.05) is 0 Å². The Morgan fingerprint density at radius 1 is 1.37 bits per heavy atom. The Bertz CT molecular complexity index is 458. The number of benzene rings is 1. The number of ether oxygens (including phenoxy) is 1. The van der Waals surface area contributed by atoms with Crippen molar-refractivity contribution in [2.45, 2.75) is 12.3 Å². The number of hydrogen-bond acceptors (Lipinski definition) is 3. The molecule has 2 N–H and O–H groups in total. The number of carbonyl (C=O) groups is 1. The number of rotatable bonds is 5. The van der Waals surface area contributed by atoms with E-state index in [9.17, 15) is 22.4 Å². The van der Waals surface area contributed by atoms with Crippen LogP contribution in [0.4, 0.5) is 17.6 Å². The van der Waals surface area contributed by atoms with Crippen molar-refractivity contribution in [3.05, 3.63) is 35.1 Å². The molecule has 106 valence electrons. The predicted molar refractivity (Wildman–Crippen MR) is 54.8 cm³/mol. The Balaban J connectivity index is 3.15. The van der Waals surface area contributed by atoms with Gasteiger partial charge < -0.3 is 14.9 Å². The molecule has 0 radical (unpaired) electrons. The summed E-state index contributed by atoms with van der Waals surface area (Å²) >= 11 is 0. The summed E-state index contributed by atoms with van der Waals surface area (Å²) in [5.41, 5.74) is -1.92. The molecular weight excluding hydrogens is 272 g/mol. The summed E-state index contributed by atoms with van der Waals surface area (Å²) in [5, 5.41) is 17.3. The van der Waals surface area contributed by atoms with Crippen LogP contribution in [0.25, 0.3) is 0 Å². The molecule has 1 aromatic rings. The Labute approximate surface area is 105 Å². The molecule has 0 aliphatic rings. The van der Waals surface area contributed by atoms with Gasteiger partial charge in [-0.15, -0.1) is 0 Å². The smallest absolute Gasteiger partial charge is 0.419 e. The average molecular weight is 282 g/mol. The fourth-order valence-corrected chi connectivity index (χ4v) is 1.40. The number of hydrogen-bond donors (Lipinski definition) is 2. The van der Waals surface area contributed by atoms with Crippen LogP contribution in [0.2, 0.25) is 0 Å². The zero-order chi connectivity index (χ0) is 14.6. The Morgan fingerprint density at radius 3 is 2.47 bits per heavy atom. The topological polar surface area (TPSA) is 66.8 Å². The van der Waals surface area contributed by atoms with Crippen LogP contribution in [0.5, 0.6) is 0 Å². The van der Waals surface area contributed by atoms with Gasteiger partial charge in [0.15, 0.2) is 6.10 Å². The molecule has 0 fully saturated rings. The van der Waals surface area contributed by atoms with E-state index in [0.717, 1.165) is 6.07 Å². The molecule has 1 aromatic carbocycles. The van der Waals surface area contributed by atoms with Gasteiger partial charge in [-0.2, -0.15) is 13.2 Å². The fourth-order valence-electron chi connectivity index (χ4n) is 1.40. The minimum atomic E-state index is -4.93. The van der Waals surface area contributed by atoms with Crippen molar-refractivity contribution in [1.82, 2.24) is 0 Å². The molecule has 0 amide bonds. The number of alkyl halides is 3. The highest BCUT2D eigenvalue weighted by molar-refractivity contribution is 5.74. The first-order valence-corrected chi connectivity index (χ1v) is 5.09. The van der Waals surface area contributed by atoms with E-state index in [0.29, 0.717) is 12.1 Å². The van der Waals surface area contributed by atoms with Crippen molar-refractivity contribution >= 4 is 5.97 Å². The highest BCUT2D eigenvalue weighted by Gasteiger charge is 2.35. The van der Waals surface area contributed by atoms with Crippen molar-refractivity contribution < 1.29 is 37.3 Å². The minimum absolute atomic E-state index is 0.352. The van der Waals surface area contributed by atoms with Crippen molar-refractivity contribution in [1.29, 1.82) is 0 Å². The van der Waals surface area contributed by atoms with E-state index in [-0.39, 0.29) is 12.2 Å². The second-order valence-corrected chi connectivity index (χ2v) is 3.55. The van der Waals surface area contributed by atoms with Gasteiger partial charge in [0.1, 0.15) is 5.82 Å². The SMILES string of the molecule is O=C(O)C(OCCO)c1ccc(F)c(C(F)(F)F)c1. The fraction of sp³-hybridized carbons (Fsp3) is 0.364. The zero-order valence-corrected chi connectivity index (χ0v) is 9.45. The summed E-state index contributed by atoms with van der Waals surface area (Å²) in [7, 11) is 0. The van der Waals surface area contributed by atoms with Gasteiger partial charge in [0.2, 0.25) is 0 Å². The lowest BCUT2D eigenvalue weighted by Crippen LogP contribution is -2.18. The largest absolute Gasteiger partial charge is 0.479 e. The highest BCUT2D eigenvalue weighted by atomic mass is 19.4. The molecule has 0 aliphatic carbocycles. The van der Waals surface area contributed by atoms with Crippen LogP contribution < -0.4 is 0 Å². The van der Waals surface area contributed by atoms with Crippen LogP contribution in [0, 0.1) is 5.82 Å². The quantitative estimate of drug-likeness (QED) is 0.810. The predicted octanol–water partition coefficient (Wildman–Crippen LogP) is 1.98. The van der Waals surface area contributed by atoms with E-state index < -0.39 is 36.2 Å². The Morgan fingerprint density at radius 2 is 2.00 bits per heavy atom. The van der Waals surface area contributed by atoms with Crippen LogP contribution in [-0.4, -0.2) is 29.4 Å². The number of aliphatic hydroxyl groups is 1. The summed E-state index contributed by atoms with van der Waals surface area (Å²) in [6.07, 6.45) is -6.63. The molecular formula is C11H10F4O4. The van der Waals surface area contributed by atoms with Gasteiger partial charge in [-0.3, -0.25) is 0 Å². The van der Waals surface area contributed by atoms with E-state index in [2.05, 4.69) is 0 Å². The van der Waals surface area contributed by atoms with Gasteiger partial charge in [0.25, 0.3) is 0 Å². The molecule has 1 atom stereocenters. The zero-order valence-electron chi connectivity index (χ0n) is 9.45. The number of carboxylic acid groups (broad SMARTS) is 1. The third-order valence-electron chi connectivity index (χ3n) is 2.20.